The summed E-state index contributed by atoms with van der Waals surface area (Å²) in [6, 6.07) is 4.12. The van der Waals surface area contributed by atoms with Gasteiger partial charge < -0.3 is 4.42 Å². The Labute approximate surface area is 121 Å². The molecule has 4 nitrogen and oxygen atoms in total. The van der Waals surface area contributed by atoms with Gasteiger partial charge in [0.25, 0.3) is 0 Å². The molecule has 2 aliphatic rings. The molecular formula is C15H23NO3S. The van der Waals surface area contributed by atoms with Crippen LogP contribution in [0.3, 0.4) is 0 Å². The van der Waals surface area contributed by atoms with Crippen molar-refractivity contribution in [1.82, 2.24) is 4.90 Å². The molecule has 1 saturated carbocycles. The number of furan rings is 1. The molecule has 1 aromatic rings. The number of nitrogens with zero attached hydrogens (tertiary/aromatic N) is 1. The summed E-state index contributed by atoms with van der Waals surface area (Å²) in [5.74, 6) is 3.63. The Morgan fingerprint density at radius 2 is 2.10 bits per heavy atom. The minimum absolute atomic E-state index is 0.243. The van der Waals surface area contributed by atoms with Crippen LogP contribution in [0.25, 0.3) is 0 Å². The van der Waals surface area contributed by atoms with Gasteiger partial charge in [-0.25, -0.2) is 8.42 Å². The lowest BCUT2D eigenvalue weighted by molar-refractivity contribution is 0.222. The molecule has 1 saturated heterocycles. The van der Waals surface area contributed by atoms with E-state index in [9.17, 15) is 8.42 Å². The number of rotatable bonds is 3. The van der Waals surface area contributed by atoms with Crippen molar-refractivity contribution in [2.45, 2.75) is 44.4 Å². The molecule has 5 heteroatoms. The standard InChI is InChI=1S/C15H23NO3S/c1-11-8-13(11)14-5-4-12(19-14)9-16-6-7-20(17,18)15(2,3)10-16/h4-5,11,13H,6-10H2,1-3H3/t11-,13-/m0/s1. The molecule has 1 aromatic heterocycles. The average Bonchev–Trinajstić information content (AvgIpc) is 2.88. The highest BCUT2D eigenvalue weighted by Crippen LogP contribution is 2.47. The highest BCUT2D eigenvalue weighted by atomic mass is 32.2. The van der Waals surface area contributed by atoms with Crippen molar-refractivity contribution in [1.29, 1.82) is 0 Å². The number of sulfone groups is 1. The third kappa shape index (κ3) is 2.53. The van der Waals surface area contributed by atoms with Crippen LogP contribution in [0, 0.1) is 5.92 Å². The fourth-order valence-corrected chi connectivity index (χ4v) is 4.42. The molecule has 0 amide bonds. The van der Waals surface area contributed by atoms with Crippen molar-refractivity contribution in [2.75, 3.05) is 18.8 Å². The molecule has 20 heavy (non-hydrogen) atoms. The second-order valence-corrected chi connectivity index (χ2v) is 9.66. The van der Waals surface area contributed by atoms with Crippen molar-refractivity contribution in [3.05, 3.63) is 23.7 Å². The van der Waals surface area contributed by atoms with Gasteiger partial charge in [-0.3, -0.25) is 4.90 Å². The van der Waals surface area contributed by atoms with Gasteiger partial charge in [-0.05, 0) is 38.3 Å². The molecule has 0 N–H and O–H groups in total. The van der Waals surface area contributed by atoms with E-state index >= 15 is 0 Å². The second-order valence-electron chi connectivity index (χ2n) is 6.91. The van der Waals surface area contributed by atoms with Gasteiger partial charge in [-0.1, -0.05) is 6.92 Å². The smallest absolute Gasteiger partial charge is 0.157 e. The van der Waals surface area contributed by atoms with Gasteiger partial charge in [0.15, 0.2) is 9.84 Å². The van der Waals surface area contributed by atoms with Crippen LogP contribution < -0.4 is 0 Å². The summed E-state index contributed by atoms with van der Waals surface area (Å²) in [5, 5.41) is 0. The first-order chi connectivity index (χ1) is 9.28. The second kappa shape index (κ2) is 4.60. The van der Waals surface area contributed by atoms with E-state index in [1.54, 1.807) is 0 Å². The van der Waals surface area contributed by atoms with E-state index in [0.29, 0.717) is 25.6 Å². The average molecular weight is 297 g/mol. The number of hydrogen-bond donors (Lipinski definition) is 0. The molecule has 112 valence electrons. The third-order valence-electron chi connectivity index (χ3n) is 4.66. The fourth-order valence-electron chi connectivity index (χ4n) is 2.99. The van der Waals surface area contributed by atoms with Gasteiger partial charge in [0.2, 0.25) is 0 Å². The van der Waals surface area contributed by atoms with Gasteiger partial charge in [0.05, 0.1) is 17.0 Å². The van der Waals surface area contributed by atoms with Crippen molar-refractivity contribution in [3.8, 4) is 0 Å². The van der Waals surface area contributed by atoms with Gasteiger partial charge in [-0.15, -0.1) is 0 Å². The molecule has 2 fully saturated rings. The first-order valence-corrected chi connectivity index (χ1v) is 8.97. The predicted molar refractivity (Wildman–Crippen MR) is 78.4 cm³/mol. The van der Waals surface area contributed by atoms with Crippen LogP contribution in [0.5, 0.6) is 0 Å². The molecule has 1 aliphatic carbocycles. The first kappa shape index (κ1) is 14.1. The molecule has 0 aromatic carbocycles. The highest BCUT2D eigenvalue weighted by molar-refractivity contribution is 7.92. The van der Waals surface area contributed by atoms with Crippen molar-refractivity contribution in [3.63, 3.8) is 0 Å². The Kier molecular flexibility index (Phi) is 3.25. The van der Waals surface area contributed by atoms with Gasteiger partial charge >= 0.3 is 0 Å². The Bertz CT molecular complexity index is 602. The Hall–Kier alpha value is -0.810. The lowest BCUT2D eigenvalue weighted by Crippen LogP contribution is -2.52. The summed E-state index contributed by atoms with van der Waals surface area (Å²) in [6.07, 6.45) is 1.22. The topological polar surface area (TPSA) is 50.5 Å². The van der Waals surface area contributed by atoms with Crippen molar-refractivity contribution in [2.24, 2.45) is 5.92 Å². The van der Waals surface area contributed by atoms with E-state index in [1.165, 1.54) is 6.42 Å². The van der Waals surface area contributed by atoms with Crippen LogP contribution in [-0.2, 0) is 16.4 Å². The highest BCUT2D eigenvalue weighted by Gasteiger charge is 2.40. The maximum absolute atomic E-state index is 12.0. The largest absolute Gasteiger partial charge is 0.464 e. The summed E-state index contributed by atoms with van der Waals surface area (Å²) in [6.45, 7) is 7.75. The van der Waals surface area contributed by atoms with Crippen LogP contribution >= 0.6 is 0 Å². The van der Waals surface area contributed by atoms with Gasteiger partial charge in [0.1, 0.15) is 11.5 Å². The van der Waals surface area contributed by atoms with Crippen LogP contribution in [0.1, 0.15) is 44.6 Å². The molecule has 0 unspecified atom stereocenters. The number of hydrogen-bond acceptors (Lipinski definition) is 4. The SMILES string of the molecule is C[C@H]1C[C@@H]1c1ccc(CN2CCS(=O)(=O)C(C)(C)C2)o1. The van der Waals surface area contributed by atoms with Crippen LogP contribution in [0.4, 0.5) is 0 Å². The van der Waals surface area contributed by atoms with Crippen molar-refractivity contribution >= 4 is 9.84 Å². The normalized spacial score (nSPS) is 32.1. The summed E-state index contributed by atoms with van der Waals surface area (Å²) in [5.41, 5.74) is 0. The molecule has 3 rings (SSSR count). The monoisotopic (exact) mass is 297 g/mol. The minimum Gasteiger partial charge on any atom is -0.464 e. The minimum atomic E-state index is -2.96. The van der Waals surface area contributed by atoms with Crippen LogP contribution in [0.2, 0.25) is 0 Å². The Balaban J connectivity index is 1.65. The molecular weight excluding hydrogens is 274 g/mol. The van der Waals surface area contributed by atoms with Gasteiger partial charge in [0, 0.05) is 19.0 Å². The maximum Gasteiger partial charge on any atom is 0.157 e. The molecule has 2 atom stereocenters. The molecule has 0 spiro atoms. The Morgan fingerprint density at radius 3 is 2.70 bits per heavy atom. The zero-order valence-electron chi connectivity index (χ0n) is 12.4. The van der Waals surface area contributed by atoms with Crippen LogP contribution in [0.15, 0.2) is 16.5 Å². The molecule has 1 aliphatic heterocycles. The lowest BCUT2D eigenvalue weighted by atomic mass is 10.2. The fraction of sp³-hybridized carbons (Fsp3) is 0.733. The summed E-state index contributed by atoms with van der Waals surface area (Å²) in [4.78, 5) is 2.18. The van der Waals surface area contributed by atoms with E-state index in [2.05, 4.69) is 17.9 Å². The summed E-state index contributed by atoms with van der Waals surface area (Å²) < 4.78 is 29.2. The van der Waals surface area contributed by atoms with E-state index < -0.39 is 14.6 Å². The Morgan fingerprint density at radius 1 is 1.40 bits per heavy atom. The van der Waals surface area contributed by atoms with E-state index in [-0.39, 0.29) is 5.75 Å². The summed E-state index contributed by atoms with van der Waals surface area (Å²) >= 11 is 0. The van der Waals surface area contributed by atoms with Gasteiger partial charge in [-0.2, -0.15) is 0 Å². The quantitative estimate of drug-likeness (QED) is 0.859. The molecule has 0 radical (unpaired) electrons. The maximum atomic E-state index is 12.0. The first-order valence-electron chi connectivity index (χ1n) is 7.32. The predicted octanol–water partition coefficient (Wildman–Crippen LogP) is 2.41. The van der Waals surface area contributed by atoms with Crippen molar-refractivity contribution < 1.29 is 12.8 Å². The van der Waals surface area contributed by atoms with Crippen LogP contribution in [-0.4, -0.2) is 36.9 Å². The van der Waals surface area contributed by atoms with E-state index in [4.69, 9.17) is 4.42 Å². The third-order valence-corrected chi connectivity index (χ3v) is 7.19. The summed E-state index contributed by atoms with van der Waals surface area (Å²) in [7, 11) is -2.96. The lowest BCUT2D eigenvalue weighted by Gasteiger charge is -2.37. The molecule has 2 heterocycles. The van der Waals surface area contributed by atoms with E-state index in [1.807, 2.05) is 19.9 Å². The zero-order chi connectivity index (χ0) is 14.5. The molecule has 0 bridgehead atoms. The zero-order valence-corrected chi connectivity index (χ0v) is 13.2. The van der Waals surface area contributed by atoms with E-state index in [0.717, 1.165) is 17.4 Å².